The number of carbonyl (C=O) groups is 1. The van der Waals surface area contributed by atoms with Crippen molar-refractivity contribution in [3.8, 4) is 0 Å². The van der Waals surface area contributed by atoms with Gasteiger partial charge in [-0.25, -0.2) is 0 Å². The van der Waals surface area contributed by atoms with E-state index in [2.05, 4.69) is 13.8 Å². The van der Waals surface area contributed by atoms with Crippen LogP contribution in [0.5, 0.6) is 0 Å². The van der Waals surface area contributed by atoms with Gasteiger partial charge in [0.1, 0.15) is 0 Å². The smallest absolute Gasteiger partial charge is 0.303 e. The molecule has 0 aromatic carbocycles. The molecule has 41 heavy (non-hydrogen) atoms. The predicted molar refractivity (Wildman–Crippen MR) is 185 cm³/mol. The van der Waals surface area contributed by atoms with E-state index in [0.717, 1.165) is 19.4 Å². The van der Waals surface area contributed by atoms with Crippen molar-refractivity contribution < 1.29 is 9.90 Å². The monoisotopic (exact) mass is 582 g/mol. The van der Waals surface area contributed by atoms with Crippen LogP contribution in [0.25, 0.3) is 0 Å². The summed E-state index contributed by atoms with van der Waals surface area (Å²) in [7, 11) is 0. The molecule has 0 rings (SSSR count). The molecular weight excluding hydrogens is 502 g/mol. The van der Waals surface area contributed by atoms with Gasteiger partial charge in [-0.15, -0.1) is 0 Å². The molecule has 0 saturated heterocycles. The molecule has 0 bridgehead atoms. The third-order valence-corrected chi connectivity index (χ3v) is 8.55. The van der Waals surface area contributed by atoms with Gasteiger partial charge >= 0.3 is 5.97 Å². The maximum atomic E-state index is 10.4. The summed E-state index contributed by atoms with van der Waals surface area (Å²) in [5.41, 5.74) is 5.48. The number of aliphatic carboxylic acids is 1. The number of carboxylic acid groups (broad SMARTS) is 1. The third kappa shape index (κ3) is 46.6. The van der Waals surface area contributed by atoms with Crippen LogP contribution < -0.4 is 5.73 Å². The van der Waals surface area contributed by atoms with Crippen LogP contribution in [0.1, 0.15) is 232 Å². The summed E-state index contributed by atoms with van der Waals surface area (Å²) in [6.45, 7) is 5.44. The Labute approximate surface area is 260 Å². The van der Waals surface area contributed by atoms with Crippen molar-refractivity contribution in [3.63, 3.8) is 0 Å². The lowest BCUT2D eigenvalue weighted by atomic mass is 10.0. The molecule has 0 aliphatic heterocycles. The van der Waals surface area contributed by atoms with Crippen LogP contribution in [0.15, 0.2) is 0 Å². The van der Waals surface area contributed by atoms with Gasteiger partial charge in [0.2, 0.25) is 0 Å². The van der Waals surface area contributed by atoms with Crippen LogP contribution in [0.3, 0.4) is 0 Å². The molecule has 0 heterocycles. The van der Waals surface area contributed by atoms with Gasteiger partial charge in [-0.05, 0) is 19.4 Å². The Morgan fingerprint density at radius 3 is 0.756 bits per heavy atom. The first-order chi connectivity index (χ1) is 20.2. The summed E-state index contributed by atoms with van der Waals surface area (Å²) in [5, 5.41) is 8.54. The van der Waals surface area contributed by atoms with Crippen LogP contribution >= 0.6 is 0 Å². The molecule has 0 radical (unpaired) electrons. The number of hydrogen-bond acceptors (Lipinski definition) is 2. The summed E-state index contributed by atoms with van der Waals surface area (Å²) >= 11 is 0. The molecule has 0 saturated carbocycles. The Morgan fingerprint density at radius 2 is 0.561 bits per heavy atom. The van der Waals surface area contributed by atoms with E-state index in [1.807, 2.05) is 0 Å². The van der Waals surface area contributed by atoms with Crippen molar-refractivity contribution in [3.05, 3.63) is 0 Å². The van der Waals surface area contributed by atoms with E-state index in [1.165, 1.54) is 199 Å². The van der Waals surface area contributed by atoms with Gasteiger partial charge in [0.15, 0.2) is 0 Å². The van der Waals surface area contributed by atoms with Crippen LogP contribution in [-0.2, 0) is 4.79 Å². The van der Waals surface area contributed by atoms with Gasteiger partial charge in [0.05, 0.1) is 0 Å². The lowest BCUT2D eigenvalue weighted by molar-refractivity contribution is -0.137. The standard InChI is InChI=1S/C20H40O2.C18H39N/c1-2-3-4-5-6-7-8-9-10-11-12-13-14-15-16-17-18-19-20(21)22;1-2-3-4-5-6-7-8-9-10-11-12-13-14-15-16-17-18-19/h2-19H2,1H3,(H,21,22);2-19H2,1H3. The second-order valence-electron chi connectivity index (χ2n) is 12.9. The second kappa shape index (κ2) is 41.6. The Balaban J connectivity index is 0. The third-order valence-electron chi connectivity index (χ3n) is 8.55. The first kappa shape index (κ1) is 42.6. The fourth-order valence-electron chi connectivity index (χ4n) is 5.69. The maximum Gasteiger partial charge on any atom is 0.303 e. The van der Waals surface area contributed by atoms with Crippen molar-refractivity contribution in [1.29, 1.82) is 0 Å². The average Bonchev–Trinajstić information content (AvgIpc) is 2.97. The topological polar surface area (TPSA) is 63.3 Å². The fourth-order valence-corrected chi connectivity index (χ4v) is 5.69. The molecule has 0 atom stereocenters. The minimum absolute atomic E-state index is 0.346. The predicted octanol–water partition coefficient (Wildman–Crippen LogP) is 13.3. The second-order valence-corrected chi connectivity index (χ2v) is 12.9. The zero-order chi connectivity index (χ0) is 30.3. The van der Waals surface area contributed by atoms with E-state index >= 15 is 0 Å². The highest BCUT2D eigenvalue weighted by Crippen LogP contribution is 2.15. The molecule has 0 fully saturated rings. The van der Waals surface area contributed by atoms with Crippen LogP contribution in [0, 0.1) is 0 Å². The zero-order valence-electron chi connectivity index (χ0n) is 28.7. The van der Waals surface area contributed by atoms with E-state index in [-0.39, 0.29) is 0 Å². The molecule has 0 aromatic heterocycles. The number of rotatable bonds is 34. The first-order valence-electron chi connectivity index (χ1n) is 19.1. The molecule has 0 aliphatic carbocycles. The molecule has 3 N–H and O–H groups in total. The minimum Gasteiger partial charge on any atom is -0.481 e. The Kier molecular flexibility index (Phi) is 43.1. The molecule has 3 nitrogen and oxygen atoms in total. The number of unbranched alkanes of at least 4 members (excludes halogenated alkanes) is 31. The number of carboxylic acids is 1. The van der Waals surface area contributed by atoms with E-state index in [9.17, 15) is 4.79 Å². The van der Waals surface area contributed by atoms with E-state index < -0.39 is 5.97 Å². The summed E-state index contributed by atoms with van der Waals surface area (Å²) in [5.74, 6) is -0.652. The SMILES string of the molecule is CCCCCCCCCCCCCCCCCCCC(=O)O.CCCCCCCCCCCCCCCCCCN. The molecule has 0 aliphatic rings. The van der Waals surface area contributed by atoms with Crippen molar-refractivity contribution in [2.24, 2.45) is 5.73 Å². The zero-order valence-corrected chi connectivity index (χ0v) is 28.7. The number of nitrogens with two attached hydrogens (primary N) is 1. The highest BCUT2D eigenvalue weighted by molar-refractivity contribution is 5.66. The quantitative estimate of drug-likeness (QED) is 0.0743. The van der Waals surface area contributed by atoms with Crippen LogP contribution in [-0.4, -0.2) is 17.6 Å². The summed E-state index contributed by atoms with van der Waals surface area (Å²) in [4.78, 5) is 10.4. The maximum absolute atomic E-state index is 10.4. The lowest BCUT2D eigenvalue weighted by Gasteiger charge is -2.03. The summed E-state index contributed by atoms with van der Waals surface area (Å²) < 4.78 is 0. The van der Waals surface area contributed by atoms with Crippen LogP contribution in [0.4, 0.5) is 0 Å². The largest absolute Gasteiger partial charge is 0.481 e. The number of hydrogen-bond donors (Lipinski definition) is 2. The van der Waals surface area contributed by atoms with E-state index in [0.29, 0.717) is 6.42 Å². The van der Waals surface area contributed by atoms with Crippen molar-refractivity contribution >= 4 is 5.97 Å². The van der Waals surface area contributed by atoms with Gasteiger partial charge in [0.25, 0.3) is 0 Å². The molecular formula is C38H79NO2. The van der Waals surface area contributed by atoms with Gasteiger partial charge in [-0.1, -0.05) is 213 Å². The summed E-state index contributed by atoms with van der Waals surface area (Å²) in [6, 6.07) is 0. The molecule has 0 unspecified atom stereocenters. The van der Waals surface area contributed by atoms with Crippen molar-refractivity contribution in [2.75, 3.05) is 6.54 Å². The molecule has 0 spiro atoms. The Bertz CT molecular complexity index is 438. The Morgan fingerprint density at radius 1 is 0.366 bits per heavy atom. The summed E-state index contributed by atoms with van der Waals surface area (Å²) in [6.07, 6.45) is 46.0. The van der Waals surface area contributed by atoms with Crippen molar-refractivity contribution in [1.82, 2.24) is 0 Å². The van der Waals surface area contributed by atoms with Crippen LogP contribution in [0.2, 0.25) is 0 Å². The molecule has 0 amide bonds. The normalized spacial score (nSPS) is 11.0. The van der Waals surface area contributed by atoms with E-state index in [4.69, 9.17) is 10.8 Å². The molecule has 0 aromatic rings. The first-order valence-corrected chi connectivity index (χ1v) is 19.1. The average molecular weight is 582 g/mol. The van der Waals surface area contributed by atoms with Gasteiger partial charge in [-0.2, -0.15) is 0 Å². The fraction of sp³-hybridized carbons (Fsp3) is 0.974. The highest BCUT2D eigenvalue weighted by atomic mass is 16.4. The molecule has 3 heteroatoms. The van der Waals surface area contributed by atoms with Gasteiger partial charge < -0.3 is 10.8 Å². The van der Waals surface area contributed by atoms with Crippen molar-refractivity contribution in [2.45, 2.75) is 232 Å². The minimum atomic E-state index is -0.652. The van der Waals surface area contributed by atoms with Gasteiger partial charge in [0, 0.05) is 6.42 Å². The lowest BCUT2D eigenvalue weighted by Crippen LogP contribution is -1.97. The Hall–Kier alpha value is -0.570. The van der Waals surface area contributed by atoms with Gasteiger partial charge in [-0.3, -0.25) is 4.79 Å². The molecule has 248 valence electrons. The highest BCUT2D eigenvalue weighted by Gasteiger charge is 1.98. The van der Waals surface area contributed by atoms with E-state index in [1.54, 1.807) is 0 Å².